The Balaban J connectivity index is 2.89. The van der Waals surface area contributed by atoms with Crippen molar-refractivity contribution in [2.24, 2.45) is 0 Å². The molecular weight excluding hydrogens is 215 g/mol. The van der Waals surface area contributed by atoms with E-state index in [1.54, 1.807) is 0 Å². The van der Waals surface area contributed by atoms with Gasteiger partial charge in [0.1, 0.15) is 11.8 Å². The number of rotatable bonds is 1. The molecule has 6 heteroatoms. The lowest BCUT2D eigenvalue weighted by Crippen LogP contribution is -1.85. The van der Waals surface area contributed by atoms with Crippen LogP contribution >= 0.6 is 23.2 Å². The molecule has 0 amide bonds. The van der Waals surface area contributed by atoms with Crippen molar-refractivity contribution in [3.05, 3.63) is 22.3 Å². The molecular formula is C7H2Cl2N2O2. The van der Waals surface area contributed by atoms with Crippen molar-refractivity contribution in [3.63, 3.8) is 0 Å². The Morgan fingerprint density at radius 3 is 2.85 bits per heavy atom. The van der Waals surface area contributed by atoms with Crippen LogP contribution in [0.25, 0.3) is 11.1 Å². The topological polar surface area (TPSA) is 56.0 Å². The van der Waals surface area contributed by atoms with Crippen molar-refractivity contribution < 1.29 is 9.21 Å². The highest BCUT2D eigenvalue weighted by Crippen LogP contribution is 2.25. The quantitative estimate of drug-likeness (QED) is 0.417. The van der Waals surface area contributed by atoms with E-state index in [2.05, 4.69) is 9.97 Å². The molecule has 0 radical (unpaired) electrons. The highest BCUT2D eigenvalue weighted by molar-refractivity contribution is 6.35. The number of fused-ring (bicyclic) bond motifs is 1. The van der Waals surface area contributed by atoms with Crippen molar-refractivity contribution in [1.29, 1.82) is 0 Å². The van der Waals surface area contributed by atoms with Gasteiger partial charge in [0.25, 0.3) is 0 Å². The molecule has 0 spiro atoms. The Hall–Kier alpha value is -1.13. The molecule has 0 saturated carbocycles. The molecule has 2 aromatic rings. The lowest BCUT2D eigenvalue weighted by Gasteiger charge is -1.92. The van der Waals surface area contributed by atoms with Gasteiger partial charge in [0, 0.05) is 0 Å². The molecule has 2 aromatic heterocycles. The zero-order valence-corrected chi connectivity index (χ0v) is 7.63. The third-order valence-corrected chi connectivity index (χ3v) is 1.93. The maximum atomic E-state index is 10.5. The Kier molecular flexibility index (Phi) is 1.94. The average molecular weight is 217 g/mol. The van der Waals surface area contributed by atoms with Gasteiger partial charge in [-0.2, -0.15) is 0 Å². The second kappa shape index (κ2) is 2.97. The van der Waals surface area contributed by atoms with E-state index >= 15 is 0 Å². The molecule has 0 atom stereocenters. The highest BCUT2D eigenvalue weighted by Gasteiger charge is 2.12. The van der Waals surface area contributed by atoms with Crippen LogP contribution in [0.4, 0.5) is 0 Å². The molecule has 13 heavy (non-hydrogen) atoms. The van der Waals surface area contributed by atoms with E-state index in [0.717, 1.165) is 0 Å². The van der Waals surface area contributed by atoms with Crippen LogP contribution < -0.4 is 0 Å². The van der Waals surface area contributed by atoms with Crippen LogP contribution in [0, 0.1) is 0 Å². The predicted molar refractivity (Wildman–Crippen MR) is 47.2 cm³/mol. The van der Waals surface area contributed by atoms with Gasteiger partial charge in [0.15, 0.2) is 17.0 Å². The number of aromatic nitrogens is 2. The molecule has 0 aromatic carbocycles. The summed E-state index contributed by atoms with van der Waals surface area (Å²) in [5.41, 5.74) is 0.911. The van der Waals surface area contributed by atoms with Crippen LogP contribution in [0.3, 0.4) is 0 Å². The third kappa shape index (κ3) is 1.28. The largest absolute Gasteiger partial charge is 0.459 e. The monoisotopic (exact) mass is 216 g/mol. The van der Waals surface area contributed by atoms with Crippen LogP contribution in [0.1, 0.15) is 10.4 Å². The molecule has 4 nitrogen and oxygen atoms in total. The fourth-order valence-corrected chi connectivity index (χ4v) is 1.39. The Labute approximate surface area is 82.5 Å². The van der Waals surface area contributed by atoms with Crippen molar-refractivity contribution in [2.75, 3.05) is 0 Å². The minimum Gasteiger partial charge on any atom is -0.459 e. The second-order valence-corrected chi connectivity index (χ2v) is 2.97. The summed E-state index contributed by atoms with van der Waals surface area (Å²) in [6.45, 7) is 0. The molecule has 66 valence electrons. The Bertz CT molecular complexity index is 481. The van der Waals surface area contributed by atoms with Crippen molar-refractivity contribution >= 4 is 40.6 Å². The molecule has 0 bridgehead atoms. The van der Waals surface area contributed by atoms with Crippen molar-refractivity contribution in [1.82, 2.24) is 9.97 Å². The molecule has 0 N–H and O–H groups in total. The summed E-state index contributed by atoms with van der Waals surface area (Å²) in [5, 5.41) is 0.0881. The summed E-state index contributed by atoms with van der Waals surface area (Å²) in [4.78, 5) is 18.0. The fourth-order valence-electron chi connectivity index (χ4n) is 0.959. The van der Waals surface area contributed by atoms with Crippen LogP contribution in [0.5, 0.6) is 0 Å². The lowest BCUT2D eigenvalue weighted by molar-refractivity contribution is 0.112. The molecule has 0 aliphatic carbocycles. The predicted octanol–water partition coefficient (Wildman–Crippen LogP) is 2.34. The van der Waals surface area contributed by atoms with Gasteiger partial charge in [-0.05, 0) is 11.6 Å². The number of carbonyl (C=O) groups excluding carboxylic acids is 1. The van der Waals surface area contributed by atoms with Crippen LogP contribution in [-0.4, -0.2) is 16.3 Å². The van der Waals surface area contributed by atoms with Crippen molar-refractivity contribution in [3.8, 4) is 0 Å². The molecule has 0 aliphatic rings. The number of halogens is 2. The summed E-state index contributed by atoms with van der Waals surface area (Å²) in [6.07, 6.45) is 1.88. The highest BCUT2D eigenvalue weighted by atomic mass is 35.5. The van der Waals surface area contributed by atoms with Gasteiger partial charge in [-0.1, -0.05) is 11.6 Å². The van der Waals surface area contributed by atoms with E-state index in [-0.39, 0.29) is 16.0 Å². The number of hydrogen-bond donors (Lipinski definition) is 0. The first-order chi connectivity index (χ1) is 6.22. The van der Waals surface area contributed by atoms with Gasteiger partial charge < -0.3 is 4.42 Å². The van der Waals surface area contributed by atoms with E-state index in [1.807, 2.05) is 0 Å². The lowest BCUT2D eigenvalue weighted by atomic mass is 10.3. The third-order valence-electron chi connectivity index (χ3n) is 1.50. The summed E-state index contributed by atoms with van der Waals surface area (Å²) in [7, 11) is 0. The van der Waals surface area contributed by atoms with E-state index < -0.39 is 0 Å². The SMILES string of the molecule is O=Cc1coc2c(Cl)nc(Cl)nc12. The smallest absolute Gasteiger partial charge is 0.224 e. The van der Waals surface area contributed by atoms with Gasteiger partial charge in [-0.25, -0.2) is 9.97 Å². The van der Waals surface area contributed by atoms with Gasteiger partial charge in [-0.15, -0.1) is 0 Å². The van der Waals surface area contributed by atoms with Crippen LogP contribution in [0.2, 0.25) is 10.4 Å². The maximum absolute atomic E-state index is 10.5. The number of carbonyl (C=O) groups is 1. The summed E-state index contributed by atoms with van der Waals surface area (Å²) >= 11 is 11.2. The zero-order chi connectivity index (χ0) is 9.42. The number of hydrogen-bond acceptors (Lipinski definition) is 4. The molecule has 0 saturated heterocycles. The summed E-state index contributed by atoms with van der Waals surface area (Å²) < 4.78 is 4.98. The Morgan fingerprint density at radius 1 is 1.38 bits per heavy atom. The minimum absolute atomic E-state index is 0.0120. The summed E-state index contributed by atoms with van der Waals surface area (Å²) in [6, 6.07) is 0. The second-order valence-electron chi connectivity index (χ2n) is 2.27. The van der Waals surface area contributed by atoms with Crippen LogP contribution in [0.15, 0.2) is 10.7 Å². The number of nitrogens with zero attached hydrogens (tertiary/aromatic N) is 2. The van der Waals surface area contributed by atoms with Gasteiger partial charge >= 0.3 is 0 Å². The number of aldehydes is 1. The first kappa shape index (κ1) is 8.47. The van der Waals surface area contributed by atoms with Crippen LogP contribution in [-0.2, 0) is 0 Å². The molecule has 0 aliphatic heterocycles. The van der Waals surface area contributed by atoms with Gasteiger partial charge in [0.2, 0.25) is 5.28 Å². The minimum atomic E-state index is -0.0120. The molecule has 0 unspecified atom stereocenters. The van der Waals surface area contributed by atoms with Gasteiger partial charge in [-0.3, -0.25) is 4.79 Å². The first-order valence-electron chi connectivity index (χ1n) is 3.28. The van der Waals surface area contributed by atoms with E-state index in [1.165, 1.54) is 6.26 Å². The normalized spacial score (nSPS) is 10.6. The van der Waals surface area contributed by atoms with Gasteiger partial charge in [0.05, 0.1) is 5.56 Å². The van der Waals surface area contributed by atoms with E-state index in [9.17, 15) is 4.79 Å². The molecule has 0 fully saturated rings. The average Bonchev–Trinajstić information content (AvgIpc) is 2.47. The molecule has 2 heterocycles. The van der Waals surface area contributed by atoms with E-state index in [0.29, 0.717) is 17.4 Å². The van der Waals surface area contributed by atoms with E-state index in [4.69, 9.17) is 27.6 Å². The number of furan rings is 1. The summed E-state index contributed by atoms with van der Waals surface area (Å²) in [5.74, 6) is 0. The fraction of sp³-hybridized carbons (Fsp3) is 0. The first-order valence-corrected chi connectivity index (χ1v) is 4.03. The maximum Gasteiger partial charge on any atom is 0.224 e. The zero-order valence-electron chi connectivity index (χ0n) is 6.12. The molecule has 2 rings (SSSR count). The Morgan fingerprint density at radius 2 is 2.15 bits per heavy atom. The van der Waals surface area contributed by atoms with Crippen molar-refractivity contribution in [2.45, 2.75) is 0 Å². The standard InChI is InChI=1S/C7H2Cl2N2O2/c8-6-5-4(10-7(9)11-6)3(1-12)2-13-5/h1-2H.